The number of benzene rings is 1. The molecule has 0 aliphatic heterocycles. The number of thiophene rings is 1. The summed E-state index contributed by atoms with van der Waals surface area (Å²) < 4.78 is 29.7. The van der Waals surface area contributed by atoms with Gasteiger partial charge in [-0.25, -0.2) is 13.2 Å². The average molecular weight is 369 g/mol. The molecule has 0 N–H and O–H groups in total. The van der Waals surface area contributed by atoms with Gasteiger partial charge in [-0.2, -0.15) is 0 Å². The number of carbonyl (C=O) groups is 2. The van der Waals surface area contributed by atoms with Gasteiger partial charge in [0.1, 0.15) is 0 Å². The Bertz CT molecular complexity index is 812. The Labute approximate surface area is 143 Å². The molecule has 0 aliphatic carbocycles. The lowest BCUT2D eigenvalue weighted by Gasteiger charge is -2.14. The Morgan fingerprint density at radius 1 is 1.17 bits per heavy atom. The SMILES string of the molecule is CON(C)S(=O)(=O)c1ccc(C(=O)OCC(=O)c2cccs2)cc1. The summed E-state index contributed by atoms with van der Waals surface area (Å²) in [5, 5.41) is 1.76. The van der Waals surface area contributed by atoms with Crippen LogP contribution in [0.15, 0.2) is 46.7 Å². The fraction of sp³-hybridized carbons (Fsp3) is 0.200. The summed E-state index contributed by atoms with van der Waals surface area (Å²) in [6.07, 6.45) is 0. The first-order valence-electron chi connectivity index (χ1n) is 6.73. The van der Waals surface area contributed by atoms with Crippen molar-refractivity contribution in [2.75, 3.05) is 20.8 Å². The molecule has 128 valence electrons. The van der Waals surface area contributed by atoms with Crippen molar-refractivity contribution in [3.8, 4) is 0 Å². The van der Waals surface area contributed by atoms with Gasteiger partial charge in [0.15, 0.2) is 6.61 Å². The van der Waals surface area contributed by atoms with E-state index in [1.165, 1.54) is 49.8 Å². The smallest absolute Gasteiger partial charge is 0.338 e. The van der Waals surface area contributed by atoms with E-state index < -0.39 is 16.0 Å². The number of carbonyl (C=O) groups excluding carboxylic acids is 2. The second-order valence-corrected chi connectivity index (χ2v) is 7.48. The summed E-state index contributed by atoms with van der Waals surface area (Å²) in [6, 6.07) is 8.54. The molecule has 1 heterocycles. The number of rotatable bonds is 7. The summed E-state index contributed by atoms with van der Waals surface area (Å²) in [5.74, 6) is -0.997. The Balaban J connectivity index is 2.02. The van der Waals surface area contributed by atoms with Gasteiger partial charge in [0, 0.05) is 7.05 Å². The molecule has 0 radical (unpaired) electrons. The van der Waals surface area contributed by atoms with Crippen molar-refractivity contribution in [2.45, 2.75) is 4.90 Å². The van der Waals surface area contributed by atoms with Crippen LogP contribution in [0.3, 0.4) is 0 Å². The third-order valence-electron chi connectivity index (χ3n) is 3.11. The van der Waals surface area contributed by atoms with E-state index in [0.717, 1.165) is 0 Å². The van der Waals surface area contributed by atoms with Gasteiger partial charge in [-0.15, -0.1) is 11.3 Å². The van der Waals surface area contributed by atoms with Crippen LogP contribution in [0.2, 0.25) is 0 Å². The van der Waals surface area contributed by atoms with Gasteiger partial charge in [0.05, 0.1) is 22.4 Å². The fourth-order valence-corrected chi connectivity index (χ4v) is 3.36. The minimum Gasteiger partial charge on any atom is -0.454 e. The van der Waals surface area contributed by atoms with E-state index in [2.05, 4.69) is 4.84 Å². The lowest BCUT2D eigenvalue weighted by molar-refractivity contribution is -0.0258. The lowest BCUT2D eigenvalue weighted by atomic mass is 10.2. The third kappa shape index (κ3) is 4.06. The van der Waals surface area contributed by atoms with Crippen molar-refractivity contribution in [3.05, 3.63) is 52.2 Å². The number of Topliss-reactive ketones (excluding diaryl/α,β-unsaturated/α-hetero) is 1. The van der Waals surface area contributed by atoms with Crippen LogP contribution in [0, 0.1) is 0 Å². The molecule has 0 fully saturated rings. The van der Waals surface area contributed by atoms with Crippen LogP contribution in [0.1, 0.15) is 20.0 Å². The van der Waals surface area contributed by atoms with E-state index in [9.17, 15) is 18.0 Å². The molecule has 0 unspecified atom stereocenters. The standard InChI is InChI=1S/C15H15NO6S2/c1-16(21-2)24(19,20)12-7-5-11(6-8-12)15(18)22-10-13(17)14-4-3-9-23-14/h3-9H,10H2,1-2H3. The summed E-state index contributed by atoms with van der Waals surface area (Å²) >= 11 is 1.26. The molecule has 1 aromatic heterocycles. The van der Waals surface area contributed by atoms with Crippen LogP contribution < -0.4 is 0 Å². The minimum atomic E-state index is -3.78. The molecule has 2 aromatic rings. The van der Waals surface area contributed by atoms with Crippen molar-refractivity contribution in [3.63, 3.8) is 0 Å². The Hall–Kier alpha value is -2.07. The molecule has 24 heavy (non-hydrogen) atoms. The number of ketones is 1. The summed E-state index contributed by atoms with van der Waals surface area (Å²) in [5.41, 5.74) is 0.146. The van der Waals surface area contributed by atoms with Crippen molar-refractivity contribution in [2.24, 2.45) is 0 Å². The van der Waals surface area contributed by atoms with E-state index in [-0.39, 0.29) is 22.8 Å². The highest BCUT2D eigenvalue weighted by Gasteiger charge is 2.21. The first-order valence-corrected chi connectivity index (χ1v) is 9.05. The second kappa shape index (κ2) is 7.67. The quantitative estimate of drug-likeness (QED) is 0.421. The predicted octanol–water partition coefficient (Wildman–Crippen LogP) is 1.97. The van der Waals surface area contributed by atoms with E-state index >= 15 is 0 Å². The zero-order valence-electron chi connectivity index (χ0n) is 13.0. The molecule has 0 amide bonds. The zero-order chi connectivity index (χ0) is 17.7. The fourth-order valence-electron chi connectivity index (χ4n) is 1.73. The number of sulfonamides is 1. The Kier molecular flexibility index (Phi) is 5.84. The van der Waals surface area contributed by atoms with E-state index in [1.54, 1.807) is 17.5 Å². The molecule has 0 atom stereocenters. The van der Waals surface area contributed by atoms with Crippen LogP contribution in [0.4, 0.5) is 0 Å². The van der Waals surface area contributed by atoms with Crippen LogP contribution >= 0.6 is 11.3 Å². The third-order valence-corrected chi connectivity index (χ3v) is 5.72. The van der Waals surface area contributed by atoms with Gasteiger partial charge in [0.25, 0.3) is 10.0 Å². The number of hydroxylamine groups is 1. The van der Waals surface area contributed by atoms with Crippen LogP contribution in [0.5, 0.6) is 0 Å². The van der Waals surface area contributed by atoms with Crippen LogP contribution in [-0.2, 0) is 19.6 Å². The summed E-state index contributed by atoms with van der Waals surface area (Å²) in [6.45, 7) is -0.369. The van der Waals surface area contributed by atoms with Gasteiger partial charge in [-0.3, -0.25) is 9.63 Å². The van der Waals surface area contributed by atoms with Gasteiger partial charge in [0.2, 0.25) is 5.78 Å². The Morgan fingerprint density at radius 2 is 1.83 bits per heavy atom. The van der Waals surface area contributed by atoms with E-state index in [1.807, 2.05) is 0 Å². The molecule has 1 aromatic carbocycles. The molecular weight excluding hydrogens is 354 g/mol. The normalized spacial score (nSPS) is 11.5. The molecular formula is C15H15NO6S2. The number of nitrogens with zero attached hydrogens (tertiary/aromatic N) is 1. The molecule has 0 saturated carbocycles. The summed E-state index contributed by atoms with van der Waals surface area (Å²) in [4.78, 5) is 28.8. The average Bonchev–Trinajstić information content (AvgIpc) is 3.13. The molecule has 7 nitrogen and oxygen atoms in total. The predicted molar refractivity (Wildman–Crippen MR) is 87.3 cm³/mol. The monoisotopic (exact) mass is 369 g/mol. The topological polar surface area (TPSA) is 90.0 Å². The number of hydrogen-bond donors (Lipinski definition) is 0. The van der Waals surface area contributed by atoms with Crippen LogP contribution in [-0.4, -0.2) is 45.4 Å². The highest BCUT2D eigenvalue weighted by atomic mass is 32.2. The first-order chi connectivity index (χ1) is 11.4. The number of hydrogen-bond acceptors (Lipinski definition) is 7. The first kappa shape index (κ1) is 18.3. The zero-order valence-corrected chi connectivity index (χ0v) is 14.6. The van der Waals surface area contributed by atoms with Crippen molar-refractivity contribution in [1.29, 1.82) is 0 Å². The Morgan fingerprint density at radius 3 is 2.38 bits per heavy atom. The van der Waals surface area contributed by atoms with Crippen molar-refractivity contribution < 1.29 is 27.6 Å². The van der Waals surface area contributed by atoms with E-state index in [0.29, 0.717) is 9.35 Å². The summed E-state index contributed by atoms with van der Waals surface area (Å²) in [7, 11) is -1.29. The van der Waals surface area contributed by atoms with Crippen molar-refractivity contribution >= 4 is 33.1 Å². The van der Waals surface area contributed by atoms with Gasteiger partial charge < -0.3 is 4.74 Å². The van der Waals surface area contributed by atoms with E-state index in [4.69, 9.17) is 4.74 Å². The molecule has 9 heteroatoms. The van der Waals surface area contributed by atoms with Gasteiger partial charge >= 0.3 is 5.97 Å². The molecule has 0 aliphatic rings. The highest BCUT2D eigenvalue weighted by Crippen LogP contribution is 2.16. The van der Waals surface area contributed by atoms with Crippen molar-refractivity contribution in [1.82, 2.24) is 4.47 Å². The maximum absolute atomic E-state index is 12.0. The lowest BCUT2D eigenvalue weighted by Crippen LogP contribution is -2.25. The maximum Gasteiger partial charge on any atom is 0.338 e. The minimum absolute atomic E-state index is 0.0296. The molecule has 0 bridgehead atoms. The molecule has 2 rings (SSSR count). The van der Waals surface area contributed by atoms with Gasteiger partial charge in [-0.05, 0) is 35.7 Å². The molecule has 0 spiro atoms. The second-order valence-electron chi connectivity index (χ2n) is 4.60. The highest BCUT2D eigenvalue weighted by molar-refractivity contribution is 7.89. The number of esters is 1. The maximum atomic E-state index is 12.0. The molecule has 0 saturated heterocycles. The van der Waals surface area contributed by atoms with Crippen LogP contribution in [0.25, 0.3) is 0 Å². The van der Waals surface area contributed by atoms with Gasteiger partial charge in [-0.1, -0.05) is 10.5 Å². The number of ether oxygens (including phenoxy) is 1. The largest absolute Gasteiger partial charge is 0.454 e.